The Hall–Kier alpha value is -7.72. The minimum atomic E-state index is -0.261. The largest absolute Gasteiger partial charge is 0.310 e. The standard InChI is InChI=1S/C77H67BrN2/c1-11-77(12-2)69-43-50(79(46-29-34-56-52-21-13-17-25-61(52)73(3,4)65(56)39-46)47-30-35-57-53-22-14-18-26-62(53)74(5,6)66(57)40-47)33-38-60(69)72-70(77)44-51(45-71(72)78)80(48-31-36-58-54-23-15-19-27-63(54)75(7,8)67(58)41-48)49-32-37-59-55-24-16-20-28-64(55)76(9,10)68(59)42-49/h13-45H,11-12H2,1-10H3. The molecule has 0 aliphatic heterocycles. The fraction of sp³-hybridized carbons (Fsp3) is 0.221. The van der Waals surface area contributed by atoms with Crippen LogP contribution in [0.1, 0.15) is 138 Å². The van der Waals surface area contributed by atoms with Crippen LogP contribution in [-0.4, -0.2) is 0 Å². The van der Waals surface area contributed by atoms with Crippen molar-refractivity contribution in [2.24, 2.45) is 0 Å². The first-order valence-corrected chi connectivity index (χ1v) is 29.8. The second-order valence-electron chi connectivity index (χ2n) is 25.6. The Morgan fingerprint density at radius 1 is 0.275 bits per heavy atom. The normalized spacial score (nSPS) is 16.5. The molecule has 10 aromatic carbocycles. The molecular weight excluding hydrogens is 1030 g/mol. The topological polar surface area (TPSA) is 6.48 Å². The summed E-state index contributed by atoms with van der Waals surface area (Å²) in [6.45, 7) is 24.0. The van der Waals surface area contributed by atoms with Crippen LogP contribution in [0.4, 0.5) is 34.1 Å². The van der Waals surface area contributed by atoms with Crippen LogP contribution in [0.25, 0.3) is 55.6 Å². The smallest absolute Gasteiger partial charge is 0.0476 e. The van der Waals surface area contributed by atoms with Gasteiger partial charge in [0.2, 0.25) is 0 Å². The van der Waals surface area contributed by atoms with Crippen molar-refractivity contribution in [3.8, 4) is 55.6 Å². The molecule has 0 N–H and O–H groups in total. The van der Waals surface area contributed by atoms with Gasteiger partial charge in [-0.25, -0.2) is 0 Å². The zero-order chi connectivity index (χ0) is 55.0. The van der Waals surface area contributed by atoms with E-state index in [9.17, 15) is 0 Å². The molecule has 5 aliphatic rings. The molecule has 0 bridgehead atoms. The van der Waals surface area contributed by atoms with Gasteiger partial charge in [-0.3, -0.25) is 0 Å². The van der Waals surface area contributed by atoms with Gasteiger partial charge in [0, 0.05) is 71.2 Å². The monoisotopic (exact) mass is 1100 g/mol. The number of benzene rings is 10. The molecule has 0 spiro atoms. The van der Waals surface area contributed by atoms with Crippen LogP contribution in [0.2, 0.25) is 0 Å². The van der Waals surface area contributed by atoms with Crippen LogP contribution in [0.3, 0.4) is 0 Å². The van der Waals surface area contributed by atoms with Crippen LogP contribution < -0.4 is 9.80 Å². The third-order valence-electron chi connectivity index (χ3n) is 20.4. The Balaban J connectivity index is 0.906. The van der Waals surface area contributed by atoms with Crippen molar-refractivity contribution in [1.82, 2.24) is 0 Å². The average Bonchev–Trinajstić information content (AvgIpc) is 4.32. The highest BCUT2D eigenvalue weighted by atomic mass is 79.9. The summed E-state index contributed by atoms with van der Waals surface area (Å²) in [6.07, 6.45) is 1.91. The molecular formula is C77H67BrN2. The van der Waals surface area contributed by atoms with Gasteiger partial charge in [0.05, 0.1) is 0 Å². The number of halogens is 1. The molecule has 0 aromatic heterocycles. The molecule has 10 aromatic rings. The second kappa shape index (κ2) is 16.9. The minimum Gasteiger partial charge on any atom is -0.310 e. The van der Waals surface area contributed by atoms with Gasteiger partial charge in [-0.1, -0.05) is 213 Å². The van der Waals surface area contributed by atoms with Gasteiger partial charge in [-0.05, 0) is 191 Å². The van der Waals surface area contributed by atoms with Crippen molar-refractivity contribution < 1.29 is 0 Å². The molecule has 0 saturated carbocycles. The van der Waals surface area contributed by atoms with Gasteiger partial charge in [0.15, 0.2) is 0 Å². The molecule has 0 unspecified atom stereocenters. The fourth-order valence-corrected chi connectivity index (χ4v) is 16.7. The molecule has 0 atom stereocenters. The predicted octanol–water partition coefficient (Wildman–Crippen LogP) is 21.7. The van der Waals surface area contributed by atoms with E-state index in [-0.39, 0.29) is 27.1 Å². The number of hydrogen-bond acceptors (Lipinski definition) is 2. The van der Waals surface area contributed by atoms with Gasteiger partial charge >= 0.3 is 0 Å². The maximum absolute atomic E-state index is 4.35. The van der Waals surface area contributed by atoms with E-state index in [0.29, 0.717) is 0 Å². The van der Waals surface area contributed by atoms with Crippen LogP contribution in [0.15, 0.2) is 205 Å². The lowest BCUT2D eigenvalue weighted by molar-refractivity contribution is 0.490. The first-order valence-electron chi connectivity index (χ1n) is 29.1. The van der Waals surface area contributed by atoms with E-state index in [2.05, 4.69) is 295 Å². The summed E-state index contributed by atoms with van der Waals surface area (Å²) in [7, 11) is 0. The van der Waals surface area contributed by atoms with Crippen LogP contribution in [-0.2, 0) is 27.1 Å². The Morgan fingerprint density at radius 2 is 0.537 bits per heavy atom. The van der Waals surface area contributed by atoms with Crippen molar-refractivity contribution in [1.29, 1.82) is 0 Å². The zero-order valence-corrected chi connectivity index (χ0v) is 49.3. The van der Waals surface area contributed by atoms with E-state index in [1.165, 1.54) is 128 Å². The van der Waals surface area contributed by atoms with E-state index in [1.54, 1.807) is 0 Å². The van der Waals surface area contributed by atoms with Gasteiger partial charge in [0.1, 0.15) is 0 Å². The fourth-order valence-electron chi connectivity index (χ4n) is 16.0. The molecule has 0 amide bonds. The maximum atomic E-state index is 4.35. The van der Waals surface area contributed by atoms with Gasteiger partial charge < -0.3 is 9.80 Å². The van der Waals surface area contributed by atoms with Gasteiger partial charge in [-0.2, -0.15) is 0 Å². The van der Waals surface area contributed by atoms with Crippen molar-refractivity contribution in [3.05, 3.63) is 260 Å². The highest BCUT2D eigenvalue weighted by Gasteiger charge is 2.45. The maximum Gasteiger partial charge on any atom is 0.0476 e. The summed E-state index contributed by atoms with van der Waals surface area (Å²) in [6, 6.07) is 77.3. The van der Waals surface area contributed by atoms with Crippen LogP contribution >= 0.6 is 15.9 Å². The average molecular weight is 1100 g/mol. The highest BCUT2D eigenvalue weighted by molar-refractivity contribution is 9.10. The summed E-state index contributed by atoms with van der Waals surface area (Å²) >= 11 is 4.35. The quantitative estimate of drug-likeness (QED) is 0.150. The number of rotatable bonds is 8. The van der Waals surface area contributed by atoms with E-state index in [1.807, 2.05) is 0 Å². The Bertz CT molecular complexity index is 4100. The van der Waals surface area contributed by atoms with Gasteiger partial charge in [-0.15, -0.1) is 0 Å². The summed E-state index contributed by atoms with van der Waals surface area (Å²) in [5.41, 5.74) is 33.2. The molecule has 3 heteroatoms. The summed E-state index contributed by atoms with van der Waals surface area (Å²) in [4.78, 5) is 5.11. The lowest BCUT2D eigenvalue weighted by Gasteiger charge is -2.34. The number of nitrogens with zero attached hydrogens (tertiary/aromatic N) is 2. The van der Waals surface area contributed by atoms with E-state index in [4.69, 9.17) is 0 Å². The van der Waals surface area contributed by atoms with Crippen molar-refractivity contribution in [2.45, 2.75) is 109 Å². The van der Waals surface area contributed by atoms with Crippen molar-refractivity contribution in [2.75, 3.05) is 9.80 Å². The molecule has 80 heavy (non-hydrogen) atoms. The lowest BCUT2D eigenvalue weighted by Crippen LogP contribution is -2.24. The third kappa shape index (κ3) is 6.53. The zero-order valence-electron chi connectivity index (χ0n) is 47.7. The molecule has 5 aliphatic carbocycles. The molecule has 0 radical (unpaired) electrons. The van der Waals surface area contributed by atoms with E-state index >= 15 is 0 Å². The first kappa shape index (κ1) is 49.3. The molecule has 0 saturated heterocycles. The predicted molar refractivity (Wildman–Crippen MR) is 341 cm³/mol. The molecule has 0 fully saturated rings. The summed E-state index contributed by atoms with van der Waals surface area (Å²) in [5, 5.41) is 0. The Morgan fingerprint density at radius 3 is 0.863 bits per heavy atom. The molecule has 392 valence electrons. The van der Waals surface area contributed by atoms with Crippen molar-refractivity contribution >= 4 is 50.1 Å². The molecule has 15 rings (SSSR count). The van der Waals surface area contributed by atoms with Crippen LogP contribution in [0.5, 0.6) is 0 Å². The molecule has 2 nitrogen and oxygen atoms in total. The number of anilines is 6. The second-order valence-corrected chi connectivity index (χ2v) is 26.5. The molecule has 0 heterocycles. The lowest BCUT2D eigenvalue weighted by atomic mass is 9.73. The number of hydrogen-bond donors (Lipinski definition) is 0. The van der Waals surface area contributed by atoms with Crippen molar-refractivity contribution in [3.63, 3.8) is 0 Å². The number of fused-ring (bicyclic) bond motifs is 15. The van der Waals surface area contributed by atoms with Crippen LogP contribution in [0, 0.1) is 0 Å². The third-order valence-corrected chi connectivity index (χ3v) is 21.0. The first-order chi connectivity index (χ1) is 38.5. The Labute approximate surface area is 482 Å². The highest BCUT2D eigenvalue weighted by Crippen LogP contribution is 2.60. The minimum absolute atomic E-state index is 0.145. The van der Waals surface area contributed by atoms with Gasteiger partial charge in [0.25, 0.3) is 0 Å². The summed E-state index contributed by atoms with van der Waals surface area (Å²) in [5.74, 6) is 0. The van der Waals surface area contributed by atoms with E-state index < -0.39 is 0 Å². The van der Waals surface area contributed by atoms with E-state index in [0.717, 1.165) is 34.4 Å². The Kier molecular flexibility index (Phi) is 10.4. The SMILES string of the molecule is CCC1(CC)c2cc(N(c3ccc4c(c3)C(C)(C)c3ccccc3-4)c3ccc4c(c3)C(C)(C)c3ccccc3-4)ccc2-c2c(Br)cc(N(c3ccc4c(c3)C(C)(C)c3ccccc3-4)c3ccc4c(c3)C(C)(C)c3ccccc3-4)cc21. The summed E-state index contributed by atoms with van der Waals surface area (Å²) < 4.78 is 1.12.